The Hall–Kier alpha value is -2.12. The summed E-state index contributed by atoms with van der Waals surface area (Å²) < 4.78 is 30.6. The fourth-order valence-electron chi connectivity index (χ4n) is 2.85. The zero-order valence-electron chi connectivity index (χ0n) is 15.0. The lowest BCUT2D eigenvalue weighted by molar-refractivity contribution is 0.0669. The highest BCUT2D eigenvalue weighted by Gasteiger charge is 2.17. The summed E-state index contributed by atoms with van der Waals surface area (Å²) in [4.78, 5) is 12.3. The number of methoxy groups -OCH3 is 1. The van der Waals surface area contributed by atoms with Crippen LogP contribution in [0.4, 0.5) is 4.39 Å². The van der Waals surface area contributed by atoms with Gasteiger partial charge in [-0.05, 0) is 64.7 Å². The van der Waals surface area contributed by atoms with E-state index in [0.717, 1.165) is 25.0 Å². The van der Waals surface area contributed by atoms with Crippen molar-refractivity contribution in [1.82, 2.24) is 5.32 Å². The fourth-order valence-corrected chi connectivity index (χ4v) is 3.28. The molecule has 1 aliphatic heterocycles. The Bertz CT molecular complexity index is 809. The van der Waals surface area contributed by atoms with E-state index in [2.05, 4.69) is 21.2 Å². The Labute approximate surface area is 165 Å². The number of carbonyl (C=O) groups is 1. The van der Waals surface area contributed by atoms with Gasteiger partial charge in [0.1, 0.15) is 12.4 Å². The first-order chi connectivity index (χ1) is 13.1. The lowest BCUT2D eigenvalue weighted by Crippen LogP contribution is -2.23. The highest BCUT2D eigenvalue weighted by Crippen LogP contribution is 2.29. The van der Waals surface area contributed by atoms with Gasteiger partial charge < -0.3 is 19.5 Å². The molecule has 1 fully saturated rings. The van der Waals surface area contributed by atoms with Crippen molar-refractivity contribution in [3.63, 3.8) is 0 Å². The molecule has 2 aromatic rings. The Kier molecular flexibility index (Phi) is 6.68. The SMILES string of the molecule is COc1cc(CNC(=O)c2cc(F)ccc2Br)ccc1OCC1CCCO1. The minimum absolute atomic E-state index is 0.124. The molecule has 1 heterocycles. The van der Waals surface area contributed by atoms with E-state index in [1.54, 1.807) is 7.11 Å². The second kappa shape index (κ2) is 9.19. The van der Waals surface area contributed by atoms with Crippen LogP contribution < -0.4 is 14.8 Å². The van der Waals surface area contributed by atoms with Gasteiger partial charge >= 0.3 is 0 Å². The van der Waals surface area contributed by atoms with E-state index in [4.69, 9.17) is 14.2 Å². The maximum atomic E-state index is 13.4. The first-order valence-electron chi connectivity index (χ1n) is 8.71. The van der Waals surface area contributed by atoms with E-state index in [1.165, 1.54) is 18.2 Å². The third-order valence-electron chi connectivity index (χ3n) is 4.30. The van der Waals surface area contributed by atoms with Gasteiger partial charge in [-0.2, -0.15) is 0 Å². The van der Waals surface area contributed by atoms with Gasteiger partial charge in [0.05, 0.1) is 18.8 Å². The van der Waals surface area contributed by atoms with Gasteiger partial charge in [-0.25, -0.2) is 4.39 Å². The van der Waals surface area contributed by atoms with Crippen molar-refractivity contribution in [2.45, 2.75) is 25.5 Å². The molecule has 2 aromatic carbocycles. The Morgan fingerprint density at radius 2 is 2.15 bits per heavy atom. The molecule has 1 unspecified atom stereocenters. The number of rotatable bonds is 7. The molecular weight excluding hydrogens is 417 g/mol. The Morgan fingerprint density at radius 3 is 2.89 bits per heavy atom. The van der Waals surface area contributed by atoms with Crippen LogP contribution >= 0.6 is 15.9 Å². The van der Waals surface area contributed by atoms with Gasteiger partial charge in [-0.15, -0.1) is 0 Å². The average molecular weight is 438 g/mol. The lowest BCUT2D eigenvalue weighted by Gasteiger charge is -2.15. The number of hydrogen-bond donors (Lipinski definition) is 1. The summed E-state index contributed by atoms with van der Waals surface area (Å²) in [5.41, 5.74) is 1.09. The third-order valence-corrected chi connectivity index (χ3v) is 4.99. The second-order valence-corrected chi connectivity index (χ2v) is 7.09. The summed E-state index contributed by atoms with van der Waals surface area (Å²) in [6, 6.07) is 9.48. The summed E-state index contributed by atoms with van der Waals surface area (Å²) in [6.07, 6.45) is 2.19. The number of carbonyl (C=O) groups excluding carboxylic acids is 1. The average Bonchev–Trinajstić information content (AvgIpc) is 3.20. The predicted octanol–water partition coefficient (Wildman–Crippen LogP) is 4.08. The lowest BCUT2D eigenvalue weighted by atomic mass is 10.1. The van der Waals surface area contributed by atoms with Crippen LogP contribution in [0.5, 0.6) is 11.5 Å². The highest BCUT2D eigenvalue weighted by atomic mass is 79.9. The zero-order valence-corrected chi connectivity index (χ0v) is 16.6. The van der Waals surface area contributed by atoms with Crippen molar-refractivity contribution in [3.8, 4) is 11.5 Å². The molecule has 27 heavy (non-hydrogen) atoms. The Balaban J connectivity index is 1.61. The van der Waals surface area contributed by atoms with Crippen molar-refractivity contribution in [2.24, 2.45) is 0 Å². The first kappa shape index (κ1) is 19.6. The van der Waals surface area contributed by atoms with Gasteiger partial charge in [0.15, 0.2) is 11.5 Å². The molecule has 1 amide bonds. The van der Waals surface area contributed by atoms with Crippen molar-refractivity contribution in [2.75, 3.05) is 20.3 Å². The van der Waals surface area contributed by atoms with E-state index < -0.39 is 5.82 Å². The number of ether oxygens (including phenoxy) is 3. The van der Waals surface area contributed by atoms with Crippen LogP contribution in [0.1, 0.15) is 28.8 Å². The van der Waals surface area contributed by atoms with Crippen LogP contribution in [0.15, 0.2) is 40.9 Å². The standard InChI is InChI=1S/C20H21BrFNO4/c1-25-19-9-13(4-7-18(19)27-12-15-3-2-8-26-15)11-23-20(24)16-10-14(22)5-6-17(16)21/h4-7,9-10,15H,2-3,8,11-12H2,1H3,(H,23,24). The molecule has 144 valence electrons. The summed E-state index contributed by atoms with van der Waals surface area (Å²) >= 11 is 3.26. The van der Waals surface area contributed by atoms with Crippen molar-refractivity contribution < 1.29 is 23.4 Å². The number of nitrogens with one attached hydrogen (secondary N) is 1. The first-order valence-corrected chi connectivity index (χ1v) is 9.50. The third kappa shape index (κ3) is 5.20. The summed E-state index contributed by atoms with van der Waals surface area (Å²) in [5, 5.41) is 2.78. The number of benzene rings is 2. The van der Waals surface area contributed by atoms with Gasteiger partial charge in [-0.3, -0.25) is 4.79 Å². The van der Waals surface area contributed by atoms with Gasteiger partial charge in [0.2, 0.25) is 0 Å². The maximum absolute atomic E-state index is 13.4. The summed E-state index contributed by atoms with van der Waals surface area (Å²) in [6.45, 7) is 1.55. The molecule has 1 aliphatic rings. The molecule has 5 nitrogen and oxygen atoms in total. The van der Waals surface area contributed by atoms with E-state index in [9.17, 15) is 9.18 Å². The summed E-state index contributed by atoms with van der Waals surface area (Å²) in [5.74, 6) is 0.402. The number of halogens is 2. The smallest absolute Gasteiger partial charge is 0.252 e. The summed E-state index contributed by atoms with van der Waals surface area (Å²) in [7, 11) is 1.57. The molecule has 0 spiro atoms. The van der Waals surface area contributed by atoms with Gasteiger partial charge in [0.25, 0.3) is 5.91 Å². The van der Waals surface area contributed by atoms with Crippen molar-refractivity contribution in [1.29, 1.82) is 0 Å². The zero-order chi connectivity index (χ0) is 19.2. The van der Waals surface area contributed by atoms with E-state index in [0.29, 0.717) is 22.6 Å². The minimum atomic E-state index is -0.460. The molecule has 0 bridgehead atoms. The fraction of sp³-hybridized carbons (Fsp3) is 0.350. The quantitative estimate of drug-likeness (QED) is 0.708. The van der Waals surface area contributed by atoms with Crippen molar-refractivity contribution >= 4 is 21.8 Å². The topological polar surface area (TPSA) is 56.8 Å². The molecule has 0 saturated carbocycles. The van der Waals surface area contributed by atoms with Crippen LogP contribution in [0.2, 0.25) is 0 Å². The van der Waals surface area contributed by atoms with E-state index in [1.807, 2.05) is 18.2 Å². The van der Waals surface area contributed by atoms with Crippen LogP contribution in [0, 0.1) is 5.82 Å². The molecule has 0 aliphatic carbocycles. The molecule has 7 heteroatoms. The minimum Gasteiger partial charge on any atom is -0.493 e. The van der Waals surface area contributed by atoms with Crippen LogP contribution in [0.3, 0.4) is 0 Å². The molecule has 0 radical (unpaired) electrons. The highest BCUT2D eigenvalue weighted by molar-refractivity contribution is 9.10. The van der Waals surface area contributed by atoms with Gasteiger partial charge in [0, 0.05) is 17.6 Å². The van der Waals surface area contributed by atoms with E-state index >= 15 is 0 Å². The maximum Gasteiger partial charge on any atom is 0.252 e. The van der Waals surface area contributed by atoms with Gasteiger partial charge in [-0.1, -0.05) is 6.07 Å². The number of hydrogen-bond acceptors (Lipinski definition) is 4. The molecular formula is C20H21BrFNO4. The molecule has 1 atom stereocenters. The molecule has 1 N–H and O–H groups in total. The largest absolute Gasteiger partial charge is 0.493 e. The molecule has 0 aromatic heterocycles. The molecule has 3 rings (SSSR count). The second-order valence-electron chi connectivity index (χ2n) is 6.24. The predicted molar refractivity (Wildman–Crippen MR) is 103 cm³/mol. The van der Waals surface area contributed by atoms with Crippen LogP contribution in [0.25, 0.3) is 0 Å². The normalized spacial score (nSPS) is 16.2. The van der Waals surface area contributed by atoms with E-state index in [-0.39, 0.29) is 24.1 Å². The number of amides is 1. The molecule has 1 saturated heterocycles. The van der Waals surface area contributed by atoms with Crippen LogP contribution in [-0.2, 0) is 11.3 Å². The van der Waals surface area contributed by atoms with Crippen molar-refractivity contribution in [3.05, 3.63) is 57.8 Å². The Morgan fingerprint density at radius 1 is 1.30 bits per heavy atom. The van der Waals surface area contributed by atoms with Crippen LogP contribution in [-0.4, -0.2) is 32.3 Å². The monoisotopic (exact) mass is 437 g/mol.